The van der Waals surface area contributed by atoms with E-state index in [0.29, 0.717) is 0 Å². The first-order valence-electron chi connectivity index (χ1n) is 8.03. The summed E-state index contributed by atoms with van der Waals surface area (Å²) in [7, 11) is 0. The fourth-order valence-electron chi connectivity index (χ4n) is 3.24. The van der Waals surface area contributed by atoms with E-state index in [2.05, 4.69) is 32.8 Å². The summed E-state index contributed by atoms with van der Waals surface area (Å²) in [5.74, 6) is 0. The minimum absolute atomic E-state index is 0. The number of aromatic nitrogens is 1. The molecule has 1 heterocycles. The maximum atomic E-state index is 12.0. The van der Waals surface area contributed by atoms with E-state index in [4.69, 9.17) is 4.74 Å². The molecule has 8 heteroatoms. The van der Waals surface area contributed by atoms with Crippen LogP contribution in [0.5, 0.6) is 0 Å². The summed E-state index contributed by atoms with van der Waals surface area (Å²) in [5.41, 5.74) is 4.85. The fraction of sp³-hybridized carbons (Fsp3) is 0.500. The third kappa shape index (κ3) is 6.17. The zero-order chi connectivity index (χ0) is 16.8. The molecule has 1 radical (unpaired) electrons. The number of carbonyl (C=O) groups is 1. The van der Waals surface area contributed by atoms with Crippen molar-refractivity contribution in [2.45, 2.75) is 58.6 Å². The van der Waals surface area contributed by atoms with E-state index in [1.165, 1.54) is 22.2 Å². The maximum Gasteiger partial charge on any atom is 0 e. The first-order valence-corrected chi connectivity index (χ1v) is 10.0. The number of amides is 1. The molecule has 0 saturated carbocycles. The number of hydrogen-bond acceptors (Lipinski definition) is 3. The SMILES string of the molecule is Cc1[c-]cc2c(c1)c1c([n]2[Tl])CCC(NC(=O)OC(C)(C)C)C1.P.[SH-].[Y]. The third-order valence-corrected chi connectivity index (χ3v) is 6.49. The van der Waals surface area contributed by atoms with Gasteiger partial charge in [0.05, 0.1) is 0 Å². The van der Waals surface area contributed by atoms with Gasteiger partial charge in [0, 0.05) is 32.7 Å². The minimum Gasteiger partial charge on any atom is -0.813 e. The average Bonchev–Trinajstić information content (AvgIpc) is 2.69. The summed E-state index contributed by atoms with van der Waals surface area (Å²) in [6, 6.07) is 7.80. The van der Waals surface area contributed by atoms with E-state index >= 15 is 0 Å². The number of rotatable bonds is 1. The molecule has 3 rings (SSSR count). The topological polar surface area (TPSA) is 43.3 Å². The number of benzene rings is 1. The Hall–Kier alpha value is 0.836. The predicted molar refractivity (Wildman–Crippen MR) is 112 cm³/mol. The monoisotopic (exact) mass is 659 g/mol. The van der Waals surface area contributed by atoms with E-state index < -0.39 is 5.60 Å². The van der Waals surface area contributed by atoms with Crippen molar-refractivity contribution < 1.29 is 42.2 Å². The number of nitrogens with zero attached hydrogens (tertiary/aromatic N) is 1. The second-order valence-electron chi connectivity index (χ2n) is 7.30. The van der Waals surface area contributed by atoms with Crippen LogP contribution in [0.2, 0.25) is 0 Å². The van der Waals surface area contributed by atoms with Crippen LogP contribution in [0, 0.1) is 13.0 Å². The molecule has 1 aromatic heterocycles. The van der Waals surface area contributed by atoms with Gasteiger partial charge in [-0.1, -0.05) is 0 Å². The Balaban J connectivity index is 0.00000208. The first-order chi connectivity index (χ1) is 10.7. The number of aryl methyl sites for hydroxylation is 1. The second-order valence-corrected chi connectivity index (χ2v) is 9.30. The maximum absolute atomic E-state index is 12.0. The van der Waals surface area contributed by atoms with Crippen molar-refractivity contribution >= 4 is 66.5 Å². The number of ether oxygens (including phenoxy) is 1. The molecule has 0 aliphatic heterocycles. The molecule has 1 amide bonds. The van der Waals surface area contributed by atoms with Gasteiger partial charge in [0.25, 0.3) is 0 Å². The molecular formula is C18H26N2O2PSTlY-2. The van der Waals surface area contributed by atoms with Crippen LogP contribution in [0.15, 0.2) is 12.1 Å². The van der Waals surface area contributed by atoms with Crippen molar-refractivity contribution in [2.75, 3.05) is 0 Å². The van der Waals surface area contributed by atoms with Crippen LogP contribution in [-0.2, 0) is 63.8 Å². The van der Waals surface area contributed by atoms with Crippen LogP contribution >= 0.6 is 9.90 Å². The van der Waals surface area contributed by atoms with E-state index in [1.54, 1.807) is 0 Å². The molecular weight excluding hydrogens is 633 g/mol. The van der Waals surface area contributed by atoms with Crippen molar-refractivity contribution in [1.82, 2.24) is 7.69 Å². The molecule has 1 aliphatic carbocycles. The van der Waals surface area contributed by atoms with Crippen LogP contribution in [0.3, 0.4) is 0 Å². The Morgan fingerprint density at radius 3 is 2.69 bits per heavy atom. The van der Waals surface area contributed by atoms with Gasteiger partial charge in [0.15, 0.2) is 0 Å². The summed E-state index contributed by atoms with van der Waals surface area (Å²) in [4.78, 5) is 12.0. The Morgan fingerprint density at radius 1 is 1.42 bits per heavy atom. The van der Waals surface area contributed by atoms with Crippen LogP contribution in [0.4, 0.5) is 4.79 Å². The van der Waals surface area contributed by atoms with Crippen molar-refractivity contribution in [3.8, 4) is 0 Å². The normalized spacial score (nSPS) is 15.7. The van der Waals surface area contributed by atoms with Crippen LogP contribution in [0.25, 0.3) is 10.9 Å². The summed E-state index contributed by atoms with van der Waals surface area (Å²) in [6.07, 6.45) is 2.55. The summed E-state index contributed by atoms with van der Waals surface area (Å²) in [5, 5.41) is 4.37. The molecule has 26 heavy (non-hydrogen) atoms. The molecule has 139 valence electrons. The van der Waals surface area contributed by atoms with Gasteiger partial charge in [-0.2, -0.15) is 9.90 Å². The Bertz CT molecular complexity index is 777. The number of carbonyl (C=O) groups excluding carboxylic acids is 1. The molecule has 1 N–H and O–H groups in total. The molecule has 2 aromatic rings. The van der Waals surface area contributed by atoms with E-state index in [9.17, 15) is 4.79 Å². The first kappa shape index (κ1) is 26.8. The average molecular weight is 659 g/mol. The molecule has 1 aliphatic rings. The van der Waals surface area contributed by atoms with E-state index in [1.807, 2.05) is 20.8 Å². The molecule has 0 spiro atoms. The smallest absolute Gasteiger partial charge is 0 e. The molecule has 0 saturated heterocycles. The Labute approximate surface area is 208 Å². The number of thiol groups is 1. The van der Waals surface area contributed by atoms with Crippen molar-refractivity contribution in [3.05, 3.63) is 35.0 Å². The summed E-state index contributed by atoms with van der Waals surface area (Å²) >= 11 is 0.748. The zero-order valence-electron chi connectivity index (χ0n) is 15.9. The van der Waals surface area contributed by atoms with Gasteiger partial charge in [-0.3, -0.25) is 0 Å². The summed E-state index contributed by atoms with van der Waals surface area (Å²) in [6.45, 7) is 7.75. The Morgan fingerprint density at radius 2 is 2.08 bits per heavy atom. The molecule has 0 fully saturated rings. The Kier molecular flexibility index (Phi) is 10.9. The quantitative estimate of drug-likeness (QED) is 0.169. The van der Waals surface area contributed by atoms with Crippen molar-refractivity contribution in [2.24, 2.45) is 0 Å². The second kappa shape index (κ2) is 10.6. The third-order valence-electron chi connectivity index (χ3n) is 4.20. The van der Waals surface area contributed by atoms with Gasteiger partial charge in [0.2, 0.25) is 0 Å². The van der Waals surface area contributed by atoms with Crippen LogP contribution < -0.4 is 5.32 Å². The zero-order valence-corrected chi connectivity index (χ0v) is 25.6. The van der Waals surface area contributed by atoms with Crippen molar-refractivity contribution in [1.29, 1.82) is 0 Å². The molecule has 1 aromatic carbocycles. The van der Waals surface area contributed by atoms with Gasteiger partial charge in [-0.15, -0.1) is 0 Å². The van der Waals surface area contributed by atoms with E-state index in [-0.39, 0.29) is 68.2 Å². The van der Waals surface area contributed by atoms with Gasteiger partial charge >= 0.3 is 154 Å². The fourth-order valence-corrected chi connectivity index (χ4v) is 5.17. The number of fused-ring (bicyclic) bond motifs is 3. The number of nitrogens with one attached hydrogen (secondary N) is 1. The predicted octanol–water partition coefficient (Wildman–Crippen LogP) is 2.85. The molecule has 2 atom stereocenters. The van der Waals surface area contributed by atoms with Gasteiger partial charge < -0.3 is 13.5 Å². The largest absolute Gasteiger partial charge is 0.813 e. The number of alkyl carbamates (subject to hydrolysis) is 1. The van der Waals surface area contributed by atoms with E-state index in [0.717, 1.165) is 50.9 Å². The minimum atomic E-state index is -0.455. The van der Waals surface area contributed by atoms with Gasteiger partial charge in [-0.25, -0.2) is 0 Å². The standard InChI is InChI=1S/C18H22N2O2.H3P.H2S.Tl.Y/c1-11-5-7-15-13(9-11)14-10-12(6-8-16(14)20-15)19-17(21)22-18(2,3)4;;;;/h7,9,12H,6,8,10H2,1-4H3,(H,19,21);1H3;1H2;;/q-2;;;+1;/p-1. The van der Waals surface area contributed by atoms with Crippen LogP contribution in [0.1, 0.15) is 44.0 Å². The summed E-state index contributed by atoms with van der Waals surface area (Å²) < 4.78 is 7.82. The number of hydrogen-bond donors (Lipinski definition) is 1. The molecule has 4 nitrogen and oxygen atoms in total. The van der Waals surface area contributed by atoms with Crippen molar-refractivity contribution in [3.63, 3.8) is 0 Å². The van der Waals surface area contributed by atoms with Gasteiger partial charge in [-0.05, 0) is 0 Å². The molecule has 2 unspecified atom stereocenters. The van der Waals surface area contributed by atoms with Crippen LogP contribution in [-0.4, -0.2) is 46.2 Å². The molecule has 0 bridgehead atoms. The van der Waals surface area contributed by atoms with Gasteiger partial charge in [0.1, 0.15) is 0 Å².